The third-order valence-corrected chi connectivity index (χ3v) is 4.14. The maximum atomic E-state index is 12.2. The van der Waals surface area contributed by atoms with Gasteiger partial charge in [0.2, 0.25) is 0 Å². The van der Waals surface area contributed by atoms with Crippen molar-refractivity contribution in [1.29, 1.82) is 0 Å². The minimum atomic E-state index is -0.0137. The summed E-state index contributed by atoms with van der Waals surface area (Å²) in [5, 5.41) is 0.994. The summed E-state index contributed by atoms with van der Waals surface area (Å²) in [6.45, 7) is 8.82. The van der Waals surface area contributed by atoms with Crippen LogP contribution in [-0.4, -0.2) is 55.0 Å². The van der Waals surface area contributed by atoms with E-state index in [0.29, 0.717) is 21.7 Å². The van der Waals surface area contributed by atoms with Crippen LogP contribution in [0.15, 0.2) is 18.2 Å². The number of carbonyl (C=O) groups excluding carboxylic acids is 1. The number of piperazine rings is 1. The van der Waals surface area contributed by atoms with E-state index in [4.69, 9.17) is 27.9 Å². The number of carbonyl (C=O) groups is 1. The Hall–Kier alpha value is -0.970. The predicted molar refractivity (Wildman–Crippen MR) is 89.8 cm³/mol. The van der Waals surface area contributed by atoms with Crippen molar-refractivity contribution < 1.29 is 9.53 Å². The third kappa shape index (κ3) is 5.04. The van der Waals surface area contributed by atoms with Gasteiger partial charge in [-0.1, -0.05) is 37.0 Å². The number of nitrogens with zero attached hydrogens (tertiary/aromatic N) is 2. The minimum Gasteiger partial charge on any atom is -0.482 e. The Kier molecular flexibility index (Phi) is 6.36. The molecule has 0 bridgehead atoms. The lowest BCUT2D eigenvalue weighted by atomic mass is 10.2. The van der Waals surface area contributed by atoms with Crippen LogP contribution in [0.4, 0.5) is 0 Å². The Morgan fingerprint density at radius 2 is 1.91 bits per heavy atom. The van der Waals surface area contributed by atoms with Crippen molar-refractivity contribution in [3.05, 3.63) is 28.2 Å². The molecule has 0 unspecified atom stereocenters. The summed E-state index contributed by atoms with van der Waals surface area (Å²) in [5.41, 5.74) is 0. The molecule has 122 valence electrons. The highest BCUT2D eigenvalue weighted by Gasteiger charge is 2.21. The number of amides is 1. The molecule has 22 heavy (non-hydrogen) atoms. The van der Waals surface area contributed by atoms with Gasteiger partial charge in [0, 0.05) is 43.8 Å². The molecule has 1 aromatic rings. The molecule has 1 aliphatic rings. The quantitative estimate of drug-likeness (QED) is 0.822. The van der Waals surface area contributed by atoms with E-state index in [2.05, 4.69) is 18.7 Å². The zero-order valence-electron chi connectivity index (χ0n) is 13.0. The van der Waals surface area contributed by atoms with Crippen LogP contribution in [0.25, 0.3) is 0 Å². The van der Waals surface area contributed by atoms with Gasteiger partial charge < -0.3 is 9.64 Å². The van der Waals surface area contributed by atoms with Crippen LogP contribution in [0, 0.1) is 5.92 Å². The lowest BCUT2D eigenvalue weighted by Crippen LogP contribution is -2.50. The first kappa shape index (κ1) is 17.4. The Bertz CT molecular complexity index is 515. The number of hydrogen-bond donors (Lipinski definition) is 0. The molecule has 4 nitrogen and oxygen atoms in total. The summed E-state index contributed by atoms with van der Waals surface area (Å²) < 4.78 is 5.50. The van der Waals surface area contributed by atoms with Crippen LogP contribution in [0.2, 0.25) is 10.0 Å². The number of ether oxygens (including phenoxy) is 1. The molecule has 1 fully saturated rings. The highest BCUT2D eigenvalue weighted by Crippen LogP contribution is 2.27. The standard InChI is InChI=1S/C16H22Cl2N2O2/c1-12(2)10-19-5-7-20(8-6-19)16(21)11-22-15-9-13(17)3-4-14(15)18/h3-4,9,12H,5-8,10-11H2,1-2H3. The Morgan fingerprint density at radius 1 is 1.23 bits per heavy atom. The number of halogens is 2. The molecular formula is C16H22Cl2N2O2. The number of benzene rings is 1. The van der Waals surface area contributed by atoms with Gasteiger partial charge in [0.25, 0.3) is 5.91 Å². The van der Waals surface area contributed by atoms with Crippen molar-refractivity contribution in [2.24, 2.45) is 5.92 Å². The van der Waals surface area contributed by atoms with Gasteiger partial charge >= 0.3 is 0 Å². The van der Waals surface area contributed by atoms with E-state index in [1.807, 2.05) is 4.90 Å². The average molecular weight is 345 g/mol. The van der Waals surface area contributed by atoms with Gasteiger partial charge in [-0.3, -0.25) is 9.69 Å². The molecule has 0 aliphatic carbocycles. The Morgan fingerprint density at radius 3 is 2.55 bits per heavy atom. The molecule has 0 atom stereocenters. The van der Waals surface area contributed by atoms with Crippen LogP contribution in [-0.2, 0) is 4.79 Å². The molecule has 6 heteroatoms. The van der Waals surface area contributed by atoms with Crippen LogP contribution >= 0.6 is 23.2 Å². The molecule has 0 spiro atoms. The molecule has 1 heterocycles. The molecule has 1 aliphatic heterocycles. The first-order valence-corrected chi connectivity index (χ1v) is 8.29. The van der Waals surface area contributed by atoms with Crippen LogP contribution in [0.1, 0.15) is 13.8 Å². The van der Waals surface area contributed by atoms with Crippen molar-refractivity contribution in [1.82, 2.24) is 9.80 Å². The van der Waals surface area contributed by atoms with E-state index in [-0.39, 0.29) is 12.5 Å². The molecular weight excluding hydrogens is 323 g/mol. The van der Waals surface area contributed by atoms with E-state index in [1.165, 1.54) is 0 Å². The van der Waals surface area contributed by atoms with E-state index >= 15 is 0 Å². The zero-order chi connectivity index (χ0) is 16.1. The number of rotatable bonds is 5. The maximum absolute atomic E-state index is 12.2. The summed E-state index contributed by atoms with van der Waals surface area (Å²) in [5.74, 6) is 1.08. The van der Waals surface area contributed by atoms with Crippen molar-refractivity contribution in [3.63, 3.8) is 0 Å². The van der Waals surface area contributed by atoms with Gasteiger partial charge in [-0.05, 0) is 18.1 Å². The van der Waals surface area contributed by atoms with Crippen LogP contribution in [0.5, 0.6) is 5.75 Å². The summed E-state index contributed by atoms with van der Waals surface area (Å²) in [4.78, 5) is 16.4. The summed E-state index contributed by atoms with van der Waals surface area (Å²) >= 11 is 11.9. The van der Waals surface area contributed by atoms with Crippen molar-refractivity contribution in [2.75, 3.05) is 39.3 Å². The normalized spacial score (nSPS) is 16.1. The fourth-order valence-corrected chi connectivity index (χ4v) is 2.85. The van der Waals surface area contributed by atoms with Gasteiger partial charge in [-0.15, -0.1) is 0 Å². The highest BCUT2D eigenvalue weighted by atomic mass is 35.5. The van der Waals surface area contributed by atoms with Gasteiger partial charge in [0.1, 0.15) is 5.75 Å². The molecule has 1 aromatic carbocycles. The van der Waals surface area contributed by atoms with Gasteiger partial charge in [-0.2, -0.15) is 0 Å². The predicted octanol–water partition coefficient (Wildman–Crippen LogP) is 3.17. The summed E-state index contributed by atoms with van der Waals surface area (Å²) in [6, 6.07) is 4.97. The molecule has 1 amide bonds. The lowest BCUT2D eigenvalue weighted by molar-refractivity contribution is -0.135. The Labute approximate surface area is 141 Å². The van der Waals surface area contributed by atoms with Crippen LogP contribution < -0.4 is 4.74 Å². The van der Waals surface area contributed by atoms with Gasteiger partial charge in [0.05, 0.1) is 5.02 Å². The second kappa shape index (κ2) is 8.04. The molecule has 0 radical (unpaired) electrons. The molecule has 1 saturated heterocycles. The van der Waals surface area contributed by atoms with Crippen LogP contribution in [0.3, 0.4) is 0 Å². The first-order valence-electron chi connectivity index (χ1n) is 7.53. The maximum Gasteiger partial charge on any atom is 0.260 e. The van der Waals surface area contributed by atoms with Gasteiger partial charge in [0.15, 0.2) is 6.61 Å². The minimum absolute atomic E-state index is 0.00968. The largest absolute Gasteiger partial charge is 0.482 e. The SMILES string of the molecule is CC(C)CN1CCN(C(=O)COc2cc(Cl)ccc2Cl)CC1. The second-order valence-electron chi connectivity index (χ2n) is 5.94. The van der Waals surface area contributed by atoms with Crippen molar-refractivity contribution in [2.45, 2.75) is 13.8 Å². The first-order chi connectivity index (χ1) is 10.5. The zero-order valence-corrected chi connectivity index (χ0v) is 14.5. The van der Waals surface area contributed by atoms with Crippen molar-refractivity contribution >= 4 is 29.1 Å². The van der Waals surface area contributed by atoms with Gasteiger partial charge in [-0.25, -0.2) is 0 Å². The highest BCUT2D eigenvalue weighted by molar-refractivity contribution is 6.34. The van der Waals surface area contributed by atoms with E-state index in [9.17, 15) is 4.79 Å². The third-order valence-electron chi connectivity index (χ3n) is 3.59. The van der Waals surface area contributed by atoms with E-state index in [1.54, 1.807) is 18.2 Å². The van der Waals surface area contributed by atoms with Crippen molar-refractivity contribution in [3.8, 4) is 5.75 Å². The summed E-state index contributed by atoms with van der Waals surface area (Å²) in [7, 11) is 0. The monoisotopic (exact) mass is 344 g/mol. The van der Waals surface area contributed by atoms with E-state index in [0.717, 1.165) is 32.7 Å². The smallest absolute Gasteiger partial charge is 0.260 e. The Balaban J connectivity index is 1.80. The fraction of sp³-hybridized carbons (Fsp3) is 0.562. The fourth-order valence-electron chi connectivity index (χ4n) is 2.51. The second-order valence-corrected chi connectivity index (χ2v) is 6.78. The molecule has 0 aromatic heterocycles. The van der Waals surface area contributed by atoms with E-state index < -0.39 is 0 Å². The molecule has 2 rings (SSSR count). The summed E-state index contributed by atoms with van der Waals surface area (Å²) in [6.07, 6.45) is 0. The molecule has 0 saturated carbocycles. The number of hydrogen-bond acceptors (Lipinski definition) is 3. The lowest BCUT2D eigenvalue weighted by Gasteiger charge is -2.35. The topological polar surface area (TPSA) is 32.8 Å². The molecule has 0 N–H and O–H groups in total. The average Bonchev–Trinajstić information content (AvgIpc) is 2.48.